The molecule has 0 radical (unpaired) electrons. The number of fused-ring (bicyclic) bond motifs is 1. The van der Waals surface area contributed by atoms with Crippen LogP contribution in [-0.4, -0.2) is 19.7 Å². The van der Waals surface area contributed by atoms with E-state index in [9.17, 15) is 0 Å². The van der Waals surface area contributed by atoms with Crippen LogP contribution in [0.4, 0.5) is 0 Å². The molecule has 1 aliphatic rings. The molecule has 0 aromatic heterocycles. The topological polar surface area (TPSA) is 21.3 Å². The van der Waals surface area contributed by atoms with Gasteiger partial charge in [-0.15, -0.1) is 0 Å². The predicted octanol–water partition coefficient (Wildman–Crippen LogP) is 4.53. The van der Waals surface area contributed by atoms with E-state index >= 15 is 0 Å². The van der Waals surface area contributed by atoms with Gasteiger partial charge < -0.3 is 10.1 Å². The van der Waals surface area contributed by atoms with E-state index in [4.69, 9.17) is 27.9 Å². The smallest absolute Gasteiger partial charge is 0.145 e. The zero-order chi connectivity index (χ0) is 13.9. The number of rotatable bonds is 3. The second kappa shape index (κ2) is 6.21. The molecular formula is C16H17Cl2NO. The lowest BCUT2D eigenvalue weighted by Gasteiger charge is -2.23. The van der Waals surface area contributed by atoms with Crippen molar-refractivity contribution >= 4 is 34.0 Å². The van der Waals surface area contributed by atoms with E-state index in [-0.39, 0.29) is 0 Å². The zero-order valence-electron chi connectivity index (χ0n) is 11.2. The highest BCUT2D eigenvalue weighted by Gasteiger charge is 2.16. The predicted molar refractivity (Wildman–Crippen MR) is 85.1 cm³/mol. The molecule has 4 heteroatoms. The second-order valence-electron chi connectivity index (χ2n) is 5.22. The zero-order valence-corrected chi connectivity index (χ0v) is 12.7. The first kappa shape index (κ1) is 14.0. The van der Waals surface area contributed by atoms with Crippen LogP contribution in [0.2, 0.25) is 10.0 Å². The van der Waals surface area contributed by atoms with Gasteiger partial charge in [0.15, 0.2) is 0 Å². The molecule has 1 fully saturated rings. The summed E-state index contributed by atoms with van der Waals surface area (Å²) in [6.07, 6.45) is 2.31. The van der Waals surface area contributed by atoms with Crippen molar-refractivity contribution in [2.45, 2.75) is 12.8 Å². The molecule has 20 heavy (non-hydrogen) atoms. The Morgan fingerprint density at radius 3 is 2.50 bits per heavy atom. The van der Waals surface area contributed by atoms with Crippen LogP contribution in [0.3, 0.4) is 0 Å². The first-order valence-electron chi connectivity index (χ1n) is 6.96. The van der Waals surface area contributed by atoms with Crippen molar-refractivity contribution in [1.82, 2.24) is 5.32 Å². The summed E-state index contributed by atoms with van der Waals surface area (Å²) in [5, 5.41) is 6.58. The third-order valence-electron chi connectivity index (χ3n) is 3.82. The van der Waals surface area contributed by atoms with Crippen molar-refractivity contribution in [2.24, 2.45) is 5.92 Å². The van der Waals surface area contributed by atoms with E-state index in [1.54, 1.807) is 6.07 Å². The van der Waals surface area contributed by atoms with E-state index < -0.39 is 0 Å². The van der Waals surface area contributed by atoms with Gasteiger partial charge in [-0.3, -0.25) is 0 Å². The van der Waals surface area contributed by atoms with E-state index in [1.807, 2.05) is 24.3 Å². The van der Waals surface area contributed by atoms with Crippen LogP contribution in [-0.2, 0) is 0 Å². The minimum absolute atomic E-state index is 0.586. The van der Waals surface area contributed by atoms with Crippen molar-refractivity contribution in [3.05, 3.63) is 40.4 Å². The Labute approximate surface area is 129 Å². The Bertz CT molecular complexity index is 609. The number of halogens is 2. The summed E-state index contributed by atoms with van der Waals surface area (Å²) in [4.78, 5) is 0. The highest BCUT2D eigenvalue weighted by molar-refractivity contribution is 6.39. The molecule has 2 aromatic carbocycles. The maximum atomic E-state index is 6.30. The maximum absolute atomic E-state index is 6.30. The molecule has 0 saturated carbocycles. The standard InChI is InChI=1S/C16H17Cl2NO/c17-14-9-15(18)16(13-4-2-1-3-12(13)14)20-10-11-5-7-19-8-6-11/h1-4,9,11,19H,5-8,10H2. The molecule has 106 valence electrons. The lowest BCUT2D eigenvalue weighted by Crippen LogP contribution is -2.30. The van der Waals surface area contributed by atoms with Crippen molar-refractivity contribution < 1.29 is 4.74 Å². The van der Waals surface area contributed by atoms with Gasteiger partial charge in [-0.2, -0.15) is 0 Å². The minimum Gasteiger partial charge on any atom is -0.491 e. The fraction of sp³-hybridized carbons (Fsp3) is 0.375. The van der Waals surface area contributed by atoms with Gasteiger partial charge in [-0.1, -0.05) is 47.5 Å². The van der Waals surface area contributed by atoms with Crippen LogP contribution in [0.5, 0.6) is 5.75 Å². The average Bonchev–Trinajstić information content (AvgIpc) is 2.48. The van der Waals surface area contributed by atoms with Crippen LogP contribution in [0.1, 0.15) is 12.8 Å². The SMILES string of the molecule is Clc1cc(Cl)c2ccccc2c1OCC1CCNCC1. The van der Waals surface area contributed by atoms with E-state index in [0.717, 1.165) is 42.5 Å². The molecule has 1 heterocycles. The Kier molecular flexibility index (Phi) is 4.35. The first-order chi connectivity index (χ1) is 9.75. The van der Waals surface area contributed by atoms with Gasteiger partial charge in [0.05, 0.1) is 16.7 Å². The molecule has 0 spiro atoms. The van der Waals surface area contributed by atoms with Crippen LogP contribution in [0.15, 0.2) is 30.3 Å². The first-order valence-corrected chi connectivity index (χ1v) is 7.71. The van der Waals surface area contributed by atoms with Gasteiger partial charge in [-0.05, 0) is 37.9 Å². The number of hydrogen-bond acceptors (Lipinski definition) is 2. The van der Waals surface area contributed by atoms with Gasteiger partial charge in [0, 0.05) is 10.8 Å². The van der Waals surface area contributed by atoms with Crippen molar-refractivity contribution in [3.63, 3.8) is 0 Å². The Hall–Kier alpha value is -0.960. The van der Waals surface area contributed by atoms with Gasteiger partial charge in [0.2, 0.25) is 0 Å². The van der Waals surface area contributed by atoms with Crippen molar-refractivity contribution in [1.29, 1.82) is 0 Å². The van der Waals surface area contributed by atoms with E-state index in [2.05, 4.69) is 5.32 Å². The van der Waals surface area contributed by atoms with Gasteiger partial charge in [0.1, 0.15) is 5.75 Å². The minimum atomic E-state index is 0.586. The molecule has 1 saturated heterocycles. The number of nitrogens with one attached hydrogen (secondary N) is 1. The molecule has 0 unspecified atom stereocenters. The van der Waals surface area contributed by atoms with Crippen LogP contribution in [0, 0.1) is 5.92 Å². The summed E-state index contributed by atoms with van der Waals surface area (Å²) in [6, 6.07) is 9.71. The monoisotopic (exact) mass is 309 g/mol. The lowest BCUT2D eigenvalue weighted by molar-refractivity contribution is 0.217. The molecule has 2 nitrogen and oxygen atoms in total. The number of piperidine rings is 1. The highest BCUT2D eigenvalue weighted by Crippen LogP contribution is 2.38. The van der Waals surface area contributed by atoms with Gasteiger partial charge in [0.25, 0.3) is 0 Å². The molecule has 0 aliphatic carbocycles. The largest absolute Gasteiger partial charge is 0.491 e. The maximum Gasteiger partial charge on any atom is 0.145 e. The Morgan fingerprint density at radius 1 is 1.05 bits per heavy atom. The highest BCUT2D eigenvalue weighted by atomic mass is 35.5. The summed E-state index contributed by atoms with van der Waals surface area (Å²) in [5.41, 5.74) is 0. The van der Waals surface area contributed by atoms with Gasteiger partial charge >= 0.3 is 0 Å². The quantitative estimate of drug-likeness (QED) is 0.899. The molecule has 0 amide bonds. The number of ether oxygens (including phenoxy) is 1. The van der Waals surface area contributed by atoms with Crippen LogP contribution < -0.4 is 10.1 Å². The number of benzene rings is 2. The summed E-state index contributed by atoms with van der Waals surface area (Å²) in [5.74, 6) is 1.35. The van der Waals surface area contributed by atoms with E-state index in [1.165, 1.54) is 0 Å². The molecule has 1 N–H and O–H groups in total. The van der Waals surface area contributed by atoms with E-state index in [0.29, 0.717) is 22.6 Å². The number of hydrogen-bond donors (Lipinski definition) is 1. The third-order valence-corrected chi connectivity index (χ3v) is 4.41. The molecule has 1 aliphatic heterocycles. The summed E-state index contributed by atoms with van der Waals surface area (Å²) < 4.78 is 6.03. The van der Waals surface area contributed by atoms with Crippen molar-refractivity contribution in [2.75, 3.05) is 19.7 Å². The fourth-order valence-corrected chi connectivity index (χ4v) is 3.26. The molecular weight excluding hydrogens is 293 g/mol. The summed E-state index contributed by atoms with van der Waals surface area (Å²) in [7, 11) is 0. The second-order valence-corrected chi connectivity index (χ2v) is 6.03. The molecule has 2 aromatic rings. The van der Waals surface area contributed by atoms with Crippen LogP contribution >= 0.6 is 23.2 Å². The third kappa shape index (κ3) is 2.88. The van der Waals surface area contributed by atoms with Crippen molar-refractivity contribution in [3.8, 4) is 5.75 Å². The molecule has 0 bridgehead atoms. The summed E-state index contributed by atoms with van der Waals surface area (Å²) in [6.45, 7) is 2.86. The lowest BCUT2D eigenvalue weighted by atomic mass is 9.99. The van der Waals surface area contributed by atoms with Crippen LogP contribution in [0.25, 0.3) is 10.8 Å². The molecule has 3 rings (SSSR count). The van der Waals surface area contributed by atoms with Gasteiger partial charge in [-0.25, -0.2) is 0 Å². The molecule has 0 atom stereocenters. The Balaban J connectivity index is 1.86. The Morgan fingerprint density at radius 2 is 1.75 bits per heavy atom. The summed E-state index contributed by atoms with van der Waals surface area (Å²) >= 11 is 12.5. The normalized spacial score (nSPS) is 16.5. The fourth-order valence-electron chi connectivity index (χ4n) is 2.67. The average molecular weight is 310 g/mol.